The molecule has 1 N–H and O–H groups in total. The molecular formula is C24H17Cl3N2O2. The van der Waals surface area contributed by atoms with Gasteiger partial charge in [-0.2, -0.15) is 5.26 Å². The van der Waals surface area contributed by atoms with Crippen molar-refractivity contribution < 1.29 is 9.53 Å². The van der Waals surface area contributed by atoms with Crippen LogP contribution in [0.1, 0.15) is 16.7 Å². The lowest BCUT2D eigenvalue weighted by Crippen LogP contribution is -2.14. The monoisotopic (exact) mass is 470 g/mol. The van der Waals surface area contributed by atoms with Crippen molar-refractivity contribution in [3.8, 4) is 11.8 Å². The van der Waals surface area contributed by atoms with Gasteiger partial charge in [0.1, 0.15) is 24.0 Å². The number of rotatable bonds is 6. The molecule has 3 aromatic carbocycles. The van der Waals surface area contributed by atoms with Crippen LogP contribution in [0.5, 0.6) is 5.75 Å². The summed E-state index contributed by atoms with van der Waals surface area (Å²) in [6, 6.07) is 19.5. The zero-order valence-corrected chi connectivity index (χ0v) is 18.7. The molecule has 0 aliphatic heterocycles. The summed E-state index contributed by atoms with van der Waals surface area (Å²) in [4.78, 5) is 12.5. The van der Waals surface area contributed by atoms with Gasteiger partial charge in [-0.3, -0.25) is 4.79 Å². The van der Waals surface area contributed by atoms with E-state index in [1.807, 2.05) is 31.2 Å². The SMILES string of the molecule is Cc1ccc(Cl)cc1NC(=O)/C(C#N)=C/c1ccc(OCc2ccccc2Cl)c(Cl)c1. The van der Waals surface area contributed by atoms with Crippen molar-refractivity contribution >= 4 is 52.5 Å². The Kier molecular flexibility index (Phi) is 7.59. The Morgan fingerprint density at radius 2 is 1.84 bits per heavy atom. The Balaban J connectivity index is 1.74. The van der Waals surface area contributed by atoms with Gasteiger partial charge >= 0.3 is 0 Å². The van der Waals surface area contributed by atoms with Gasteiger partial charge in [-0.15, -0.1) is 0 Å². The lowest BCUT2D eigenvalue weighted by Gasteiger charge is -2.10. The summed E-state index contributed by atoms with van der Waals surface area (Å²) < 4.78 is 5.75. The number of amides is 1. The lowest BCUT2D eigenvalue weighted by atomic mass is 10.1. The third kappa shape index (κ3) is 6.02. The number of nitrogens with one attached hydrogen (secondary N) is 1. The predicted octanol–water partition coefficient (Wildman–Crippen LogP) is 7.08. The fourth-order valence-electron chi connectivity index (χ4n) is 2.73. The van der Waals surface area contributed by atoms with E-state index in [-0.39, 0.29) is 12.2 Å². The van der Waals surface area contributed by atoms with Gasteiger partial charge in [-0.25, -0.2) is 0 Å². The molecule has 0 aliphatic carbocycles. The number of nitriles is 1. The Hall–Kier alpha value is -2.97. The molecule has 0 aromatic heterocycles. The van der Waals surface area contributed by atoms with Gasteiger partial charge in [0.2, 0.25) is 0 Å². The van der Waals surface area contributed by atoms with Crippen LogP contribution in [-0.2, 0) is 11.4 Å². The molecule has 3 rings (SSSR count). The van der Waals surface area contributed by atoms with Gasteiger partial charge in [0.25, 0.3) is 5.91 Å². The predicted molar refractivity (Wildman–Crippen MR) is 126 cm³/mol. The largest absolute Gasteiger partial charge is 0.487 e. The summed E-state index contributed by atoms with van der Waals surface area (Å²) >= 11 is 18.4. The normalized spacial score (nSPS) is 11.0. The number of carbonyl (C=O) groups is 1. The Labute approximate surface area is 195 Å². The molecule has 0 saturated heterocycles. The highest BCUT2D eigenvalue weighted by atomic mass is 35.5. The van der Waals surface area contributed by atoms with E-state index in [0.29, 0.717) is 32.1 Å². The molecule has 0 bridgehead atoms. The number of halogens is 3. The molecule has 0 atom stereocenters. The zero-order chi connectivity index (χ0) is 22.4. The highest BCUT2D eigenvalue weighted by Gasteiger charge is 2.12. The van der Waals surface area contributed by atoms with E-state index < -0.39 is 5.91 Å². The molecule has 0 fully saturated rings. The van der Waals surface area contributed by atoms with Crippen LogP contribution in [-0.4, -0.2) is 5.91 Å². The van der Waals surface area contributed by atoms with Crippen molar-refractivity contribution in [2.24, 2.45) is 0 Å². The highest BCUT2D eigenvalue weighted by Crippen LogP contribution is 2.28. The van der Waals surface area contributed by atoms with Gasteiger partial charge in [0.15, 0.2) is 0 Å². The first-order valence-corrected chi connectivity index (χ1v) is 10.4. The van der Waals surface area contributed by atoms with E-state index in [4.69, 9.17) is 39.5 Å². The molecule has 4 nitrogen and oxygen atoms in total. The van der Waals surface area contributed by atoms with Gasteiger partial charge in [0.05, 0.1) is 5.02 Å². The summed E-state index contributed by atoms with van der Waals surface area (Å²) in [6.07, 6.45) is 1.46. The summed E-state index contributed by atoms with van der Waals surface area (Å²) in [7, 11) is 0. The molecule has 0 heterocycles. The quantitative estimate of drug-likeness (QED) is 0.308. The molecule has 3 aromatic rings. The Morgan fingerprint density at radius 3 is 2.55 bits per heavy atom. The van der Waals surface area contributed by atoms with Gasteiger partial charge in [-0.1, -0.05) is 65.1 Å². The van der Waals surface area contributed by atoms with Crippen LogP contribution in [0.15, 0.2) is 66.2 Å². The minimum absolute atomic E-state index is 0.0693. The van der Waals surface area contributed by atoms with E-state index in [1.165, 1.54) is 6.08 Å². The molecular weight excluding hydrogens is 455 g/mol. The minimum atomic E-state index is -0.539. The second kappa shape index (κ2) is 10.4. The summed E-state index contributed by atoms with van der Waals surface area (Å²) in [6.45, 7) is 2.10. The maximum Gasteiger partial charge on any atom is 0.266 e. The number of ether oxygens (including phenoxy) is 1. The van der Waals surface area contributed by atoms with Crippen LogP contribution in [0.3, 0.4) is 0 Å². The maximum atomic E-state index is 12.5. The summed E-state index contributed by atoms with van der Waals surface area (Å²) in [5.41, 5.74) is 2.73. The van der Waals surface area contributed by atoms with Crippen LogP contribution < -0.4 is 10.1 Å². The second-order valence-corrected chi connectivity index (χ2v) is 7.90. The van der Waals surface area contributed by atoms with Crippen molar-refractivity contribution in [1.82, 2.24) is 0 Å². The molecule has 0 aliphatic rings. The number of anilines is 1. The van der Waals surface area contributed by atoms with E-state index in [1.54, 1.807) is 42.5 Å². The third-order valence-corrected chi connectivity index (χ3v) is 5.32. The fourth-order valence-corrected chi connectivity index (χ4v) is 3.33. The maximum absolute atomic E-state index is 12.5. The van der Waals surface area contributed by atoms with E-state index in [2.05, 4.69) is 5.32 Å². The molecule has 0 spiro atoms. The van der Waals surface area contributed by atoms with Gasteiger partial charge in [0, 0.05) is 21.3 Å². The number of carbonyl (C=O) groups excluding carboxylic acids is 1. The number of aryl methyl sites for hydroxylation is 1. The second-order valence-electron chi connectivity index (χ2n) is 6.65. The first-order chi connectivity index (χ1) is 14.9. The number of hydrogen-bond acceptors (Lipinski definition) is 3. The molecule has 0 radical (unpaired) electrons. The number of hydrogen-bond donors (Lipinski definition) is 1. The van der Waals surface area contributed by atoms with E-state index in [0.717, 1.165) is 11.1 Å². The standard InChI is InChI=1S/C24H17Cl3N2O2/c1-15-6-8-19(25)12-22(15)29-24(30)18(13-28)10-16-7-9-23(21(27)11-16)31-14-17-4-2-3-5-20(17)26/h2-12H,14H2,1H3,(H,29,30)/b18-10+. The van der Waals surface area contributed by atoms with Crippen molar-refractivity contribution in [2.75, 3.05) is 5.32 Å². The van der Waals surface area contributed by atoms with Gasteiger partial charge < -0.3 is 10.1 Å². The van der Waals surface area contributed by atoms with Crippen LogP contribution in [0.25, 0.3) is 6.08 Å². The topological polar surface area (TPSA) is 62.1 Å². The summed E-state index contributed by atoms with van der Waals surface area (Å²) in [5, 5.41) is 13.6. The summed E-state index contributed by atoms with van der Waals surface area (Å²) in [5.74, 6) is -0.0701. The smallest absolute Gasteiger partial charge is 0.266 e. The lowest BCUT2D eigenvalue weighted by molar-refractivity contribution is -0.112. The third-order valence-electron chi connectivity index (χ3n) is 4.42. The van der Waals surface area contributed by atoms with Crippen molar-refractivity contribution in [3.63, 3.8) is 0 Å². The first-order valence-electron chi connectivity index (χ1n) is 9.22. The van der Waals surface area contributed by atoms with Crippen LogP contribution in [0.2, 0.25) is 15.1 Å². The molecule has 31 heavy (non-hydrogen) atoms. The first kappa shape index (κ1) is 22.7. The Bertz CT molecular complexity index is 1200. The van der Waals surface area contributed by atoms with Crippen molar-refractivity contribution in [2.45, 2.75) is 13.5 Å². The van der Waals surface area contributed by atoms with Crippen molar-refractivity contribution in [1.29, 1.82) is 5.26 Å². The molecule has 156 valence electrons. The van der Waals surface area contributed by atoms with Gasteiger partial charge in [-0.05, 0) is 54.5 Å². The highest BCUT2D eigenvalue weighted by molar-refractivity contribution is 6.32. The number of benzene rings is 3. The van der Waals surface area contributed by atoms with E-state index >= 15 is 0 Å². The van der Waals surface area contributed by atoms with Crippen LogP contribution >= 0.6 is 34.8 Å². The fraction of sp³-hybridized carbons (Fsp3) is 0.0833. The molecule has 0 unspecified atom stereocenters. The molecule has 7 heteroatoms. The minimum Gasteiger partial charge on any atom is -0.487 e. The average molecular weight is 472 g/mol. The Morgan fingerprint density at radius 1 is 1.06 bits per heavy atom. The van der Waals surface area contributed by atoms with Crippen LogP contribution in [0.4, 0.5) is 5.69 Å². The molecule has 0 saturated carbocycles. The average Bonchev–Trinajstić information content (AvgIpc) is 2.75. The van der Waals surface area contributed by atoms with E-state index in [9.17, 15) is 10.1 Å². The molecule has 1 amide bonds. The van der Waals surface area contributed by atoms with Crippen LogP contribution in [0, 0.1) is 18.3 Å². The number of nitrogens with zero attached hydrogens (tertiary/aromatic N) is 1. The van der Waals surface area contributed by atoms with Crippen molar-refractivity contribution in [3.05, 3.63) is 98.0 Å². The zero-order valence-electron chi connectivity index (χ0n) is 16.5.